The standard InChI is InChI=1S/C27H38FN3O4S/c1-5-21(3)29-27(33)24(6-2)30(20-18-22-13-8-7-9-14-22)26(32)17-12-19-31(36(4,34)35)25-16-11-10-15-23(25)28/h7-11,13-16,21,24H,5-6,12,17-20H2,1-4H3,(H,29,33)/t21-,24-/m1/s1. The summed E-state index contributed by atoms with van der Waals surface area (Å²) in [5.41, 5.74) is 1.00. The number of benzene rings is 2. The van der Waals surface area contributed by atoms with Gasteiger partial charge in [0.2, 0.25) is 21.8 Å². The van der Waals surface area contributed by atoms with E-state index < -0.39 is 21.9 Å². The van der Waals surface area contributed by atoms with Gasteiger partial charge in [-0.2, -0.15) is 0 Å². The third-order valence-corrected chi connectivity index (χ3v) is 7.32. The number of carbonyl (C=O) groups is 2. The van der Waals surface area contributed by atoms with Crippen molar-refractivity contribution < 1.29 is 22.4 Å². The van der Waals surface area contributed by atoms with Crippen LogP contribution < -0.4 is 9.62 Å². The molecule has 0 aromatic heterocycles. The lowest BCUT2D eigenvalue weighted by atomic mass is 10.1. The van der Waals surface area contributed by atoms with E-state index in [1.165, 1.54) is 18.2 Å². The van der Waals surface area contributed by atoms with E-state index >= 15 is 0 Å². The van der Waals surface area contributed by atoms with Crippen molar-refractivity contribution in [1.82, 2.24) is 10.2 Å². The van der Waals surface area contributed by atoms with Gasteiger partial charge in [0.05, 0.1) is 11.9 Å². The zero-order valence-corrected chi connectivity index (χ0v) is 22.4. The first-order valence-corrected chi connectivity index (χ1v) is 14.3. The number of para-hydroxylation sites is 1. The highest BCUT2D eigenvalue weighted by Crippen LogP contribution is 2.22. The van der Waals surface area contributed by atoms with E-state index in [9.17, 15) is 22.4 Å². The number of carbonyl (C=O) groups excluding carboxylic acids is 2. The van der Waals surface area contributed by atoms with E-state index in [4.69, 9.17) is 0 Å². The third kappa shape index (κ3) is 8.62. The average Bonchev–Trinajstić information content (AvgIpc) is 2.84. The number of anilines is 1. The number of rotatable bonds is 14. The molecule has 2 amide bonds. The van der Waals surface area contributed by atoms with Crippen molar-refractivity contribution in [1.29, 1.82) is 0 Å². The second kappa shape index (κ2) is 14.0. The number of nitrogens with one attached hydrogen (secondary N) is 1. The Balaban J connectivity index is 2.17. The van der Waals surface area contributed by atoms with E-state index in [0.29, 0.717) is 19.4 Å². The molecule has 36 heavy (non-hydrogen) atoms. The van der Waals surface area contributed by atoms with Crippen LogP contribution in [0.3, 0.4) is 0 Å². The molecule has 0 heterocycles. The molecule has 0 aliphatic heterocycles. The van der Waals surface area contributed by atoms with Crippen LogP contribution in [0.15, 0.2) is 54.6 Å². The van der Waals surface area contributed by atoms with E-state index in [1.807, 2.05) is 51.1 Å². The van der Waals surface area contributed by atoms with Gasteiger partial charge in [-0.05, 0) is 50.3 Å². The van der Waals surface area contributed by atoms with Gasteiger partial charge in [-0.3, -0.25) is 13.9 Å². The second-order valence-electron chi connectivity index (χ2n) is 8.95. The van der Waals surface area contributed by atoms with Crippen LogP contribution in [0.5, 0.6) is 0 Å². The largest absolute Gasteiger partial charge is 0.352 e. The van der Waals surface area contributed by atoms with Gasteiger partial charge in [-0.25, -0.2) is 12.8 Å². The molecule has 0 saturated carbocycles. The van der Waals surface area contributed by atoms with Crippen LogP contribution in [-0.4, -0.2) is 56.6 Å². The Bertz CT molecular complexity index is 1100. The summed E-state index contributed by atoms with van der Waals surface area (Å²) >= 11 is 0. The molecule has 0 bridgehead atoms. The van der Waals surface area contributed by atoms with Gasteiger partial charge in [0.25, 0.3) is 0 Å². The summed E-state index contributed by atoms with van der Waals surface area (Å²) < 4.78 is 40.0. The van der Waals surface area contributed by atoms with Crippen molar-refractivity contribution in [2.45, 2.75) is 65.0 Å². The Morgan fingerprint density at radius 2 is 1.61 bits per heavy atom. The monoisotopic (exact) mass is 519 g/mol. The Kier molecular flexibility index (Phi) is 11.4. The number of amides is 2. The summed E-state index contributed by atoms with van der Waals surface area (Å²) in [5.74, 6) is -1.08. The maximum absolute atomic E-state index is 14.3. The fraction of sp³-hybridized carbons (Fsp3) is 0.481. The Morgan fingerprint density at radius 3 is 2.19 bits per heavy atom. The number of halogens is 1. The molecule has 7 nitrogen and oxygen atoms in total. The molecular formula is C27H38FN3O4S. The van der Waals surface area contributed by atoms with Crippen molar-refractivity contribution in [2.24, 2.45) is 0 Å². The minimum atomic E-state index is -3.75. The Morgan fingerprint density at radius 1 is 0.972 bits per heavy atom. The molecule has 2 rings (SSSR count). The Hall–Kier alpha value is -2.94. The summed E-state index contributed by atoms with van der Waals surface area (Å²) in [4.78, 5) is 28.0. The molecular weight excluding hydrogens is 481 g/mol. The molecule has 0 aliphatic carbocycles. The average molecular weight is 520 g/mol. The summed E-state index contributed by atoms with van der Waals surface area (Å²) in [7, 11) is -3.75. The molecule has 2 aromatic carbocycles. The van der Waals surface area contributed by atoms with Crippen LogP contribution in [0.4, 0.5) is 10.1 Å². The van der Waals surface area contributed by atoms with E-state index in [0.717, 1.165) is 22.5 Å². The number of hydrogen-bond donors (Lipinski definition) is 1. The van der Waals surface area contributed by atoms with Crippen molar-refractivity contribution >= 4 is 27.5 Å². The highest BCUT2D eigenvalue weighted by atomic mass is 32.2. The van der Waals surface area contributed by atoms with Crippen LogP contribution in [0.25, 0.3) is 0 Å². The molecule has 0 aliphatic rings. The summed E-state index contributed by atoms with van der Waals surface area (Å²) in [5, 5.41) is 2.97. The minimum Gasteiger partial charge on any atom is -0.352 e. The smallest absolute Gasteiger partial charge is 0.243 e. The van der Waals surface area contributed by atoms with Crippen molar-refractivity contribution in [2.75, 3.05) is 23.7 Å². The van der Waals surface area contributed by atoms with Gasteiger partial charge in [0.15, 0.2) is 0 Å². The normalized spacial score (nSPS) is 13.0. The SMILES string of the molecule is CC[C@@H](C)NC(=O)[C@@H](CC)N(CCc1ccccc1)C(=O)CCCN(c1ccccc1F)S(C)(=O)=O. The summed E-state index contributed by atoms with van der Waals surface area (Å²) in [6.07, 6.45) is 3.04. The first kappa shape index (κ1) is 29.3. The molecule has 0 saturated heterocycles. The van der Waals surface area contributed by atoms with E-state index in [1.54, 1.807) is 11.0 Å². The Labute approximate surface area is 214 Å². The fourth-order valence-corrected chi connectivity index (χ4v) is 4.94. The molecule has 0 unspecified atom stereocenters. The topological polar surface area (TPSA) is 86.8 Å². The maximum Gasteiger partial charge on any atom is 0.243 e. The van der Waals surface area contributed by atoms with Crippen molar-refractivity contribution in [3.8, 4) is 0 Å². The molecule has 2 aromatic rings. The fourth-order valence-electron chi connectivity index (χ4n) is 3.97. The van der Waals surface area contributed by atoms with Crippen LogP contribution in [0, 0.1) is 5.82 Å². The van der Waals surface area contributed by atoms with E-state index in [2.05, 4.69) is 5.32 Å². The first-order valence-electron chi connectivity index (χ1n) is 12.4. The van der Waals surface area contributed by atoms with Gasteiger partial charge in [0.1, 0.15) is 11.9 Å². The maximum atomic E-state index is 14.3. The zero-order chi connectivity index (χ0) is 26.7. The van der Waals surface area contributed by atoms with Crippen LogP contribution in [0.1, 0.15) is 52.0 Å². The van der Waals surface area contributed by atoms with Crippen LogP contribution >= 0.6 is 0 Å². The quantitative estimate of drug-likeness (QED) is 0.407. The first-order chi connectivity index (χ1) is 17.1. The summed E-state index contributed by atoms with van der Waals surface area (Å²) in [6.45, 7) is 6.08. The molecule has 198 valence electrons. The van der Waals surface area contributed by atoms with Crippen molar-refractivity contribution in [3.63, 3.8) is 0 Å². The predicted molar refractivity (Wildman–Crippen MR) is 142 cm³/mol. The van der Waals surface area contributed by atoms with Gasteiger partial charge < -0.3 is 10.2 Å². The molecule has 9 heteroatoms. The van der Waals surface area contributed by atoms with Crippen molar-refractivity contribution in [3.05, 3.63) is 66.0 Å². The number of sulfonamides is 1. The minimum absolute atomic E-state index is 0.0123. The molecule has 1 N–H and O–H groups in total. The molecule has 0 radical (unpaired) electrons. The lowest BCUT2D eigenvalue weighted by Gasteiger charge is -2.32. The molecule has 0 spiro atoms. The highest BCUT2D eigenvalue weighted by Gasteiger charge is 2.29. The number of nitrogens with zero attached hydrogens (tertiary/aromatic N) is 2. The second-order valence-corrected chi connectivity index (χ2v) is 10.9. The molecule has 0 fully saturated rings. The van der Waals surface area contributed by atoms with Gasteiger partial charge >= 0.3 is 0 Å². The predicted octanol–water partition coefficient (Wildman–Crippen LogP) is 4.14. The third-order valence-electron chi connectivity index (χ3n) is 6.14. The lowest BCUT2D eigenvalue weighted by molar-refractivity contribution is -0.141. The van der Waals surface area contributed by atoms with Crippen LogP contribution in [-0.2, 0) is 26.0 Å². The van der Waals surface area contributed by atoms with Gasteiger partial charge in [0, 0.05) is 25.6 Å². The highest BCUT2D eigenvalue weighted by molar-refractivity contribution is 7.92. The van der Waals surface area contributed by atoms with Crippen LogP contribution in [0.2, 0.25) is 0 Å². The van der Waals surface area contributed by atoms with Gasteiger partial charge in [-0.15, -0.1) is 0 Å². The van der Waals surface area contributed by atoms with E-state index in [-0.39, 0.29) is 42.9 Å². The van der Waals surface area contributed by atoms with Gasteiger partial charge in [-0.1, -0.05) is 56.3 Å². The summed E-state index contributed by atoms with van der Waals surface area (Å²) in [6, 6.07) is 14.7. The molecule has 2 atom stereocenters. The zero-order valence-electron chi connectivity index (χ0n) is 21.6. The number of hydrogen-bond acceptors (Lipinski definition) is 4. The lowest BCUT2D eigenvalue weighted by Crippen LogP contribution is -2.51.